The topological polar surface area (TPSA) is 57.6 Å². The third-order valence-electron chi connectivity index (χ3n) is 2.48. The van der Waals surface area contributed by atoms with Crippen LogP contribution >= 0.6 is 11.8 Å². The van der Waals surface area contributed by atoms with Crippen LogP contribution in [0.25, 0.3) is 0 Å². The average Bonchev–Trinajstić information content (AvgIpc) is 2.43. The van der Waals surface area contributed by atoms with Gasteiger partial charge in [0.05, 0.1) is 5.37 Å². The van der Waals surface area contributed by atoms with Crippen molar-refractivity contribution in [2.75, 3.05) is 5.75 Å². The Kier molecular flexibility index (Phi) is 3.88. The van der Waals surface area contributed by atoms with Crippen molar-refractivity contribution in [1.82, 2.24) is 4.90 Å². The summed E-state index contributed by atoms with van der Waals surface area (Å²) in [5, 5.41) is 9.01. The number of carboxylic acid groups (broad SMARTS) is 1. The minimum atomic E-state index is -0.904. The third kappa shape index (κ3) is 3.14. The van der Waals surface area contributed by atoms with Gasteiger partial charge in [-0.05, 0) is 12.3 Å². The van der Waals surface area contributed by atoms with Gasteiger partial charge in [-0.2, -0.15) is 0 Å². The lowest BCUT2D eigenvalue weighted by Crippen LogP contribution is -2.45. The number of aliphatic carboxylic acids is 1. The summed E-state index contributed by atoms with van der Waals surface area (Å²) in [5.41, 5.74) is -0.104. The molecule has 2 unspecified atom stereocenters. The molecular weight excluding hydrogens is 226 g/mol. The summed E-state index contributed by atoms with van der Waals surface area (Å²) in [6.45, 7) is 7.83. The zero-order chi connectivity index (χ0) is 12.5. The van der Waals surface area contributed by atoms with Gasteiger partial charge in [-0.1, -0.05) is 20.8 Å². The van der Waals surface area contributed by atoms with E-state index in [0.717, 1.165) is 0 Å². The molecule has 0 aromatic heterocycles. The summed E-state index contributed by atoms with van der Waals surface area (Å²) in [6.07, 6.45) is 0.391. The minimum absolute atomic E-state index is 0.0315. The molecular formula is C11H19NO3S. The molecule has 0 aromatic rings. The SMILES string of the molecule is CC1SCC(C(=O)O)N1C(=O)CC(C)(C)C. The van der Waals surface area contributed by atoms with Gasteiger partial charge >= 0.3 is 5.97 Å². The lowest BCUT2D eigenvalue weighted by atomic mass is 9.91. The van der Waals surface area contributed by atoms with Gasteiger partial charge in [-0.15, -0.1) is 11.8 Å². The Morgan fingerprint density at radius 1 is 1.44 bits per heavy atom. The first-order valence-electron chi connectivity index (χ1n) is 5.38. The van der Waals surface area contributed by atoms with Crippen LogP contribution < -0.4 is 0 Å². The largest absolute Gasteiger partial charge is 0.480 e. The molecule has 1 heterocycles. The number of rotatable bonds is 2. The van der Waals surface area contributed by atoms with Crippen molar-refractivity contribution in [3.63, 3.8) is 0 Å². The quantitative estimate of drug-likeness (QED) is 0.806. The smallest absolute Gasteiger partial charge is 0.327 e. The van der Waals surface area contributed by atoms with Crippen LogP contribution in [0.3, 0.4) is 0 Å². The summed E-state index contributed by atoms with van der Waals surface area (Å²) in [5.74, 6) is -0.469. The lowest BCUT2D eigenvalue weighted by molar-refractivity contribution is -0.149. The highest BCUT2D eigenvalue weighted by atomic mass is 32.2. The lowest BCUT2D eigenvalue weighted by Gasteiger charge is -2.28. The molecule has 0 bridgehead atoms. The highest BCUT2D eigenvalue weighted by Crippen LogP contribution is 2.31. The van der Waals surface area contributed by atoms with E-state index in [1.807, 2.05) is 27.7 Å². The monoisotopic (exact) mass is 245 g/mol. The van der Waals surface area contributed by atoms with Crippen molar-refractivity contribution in [2.24, 2.45) is 5.41 Å². The van der Waals surface area contributed by atoms with Gasteiger partial charge in [0.1, 0.15) is 6.04 Å². The van der Waals surface area contributed by atoms with E-state index in [1.54, 1.807) is 0 Å². The van der Waals surface area contributed by atoms with E-state index in [0.29, 0.717) is 12.2 Å². The molecule has 1 saturated heterocycles. The number of carboxylic acids is 1. The first kappa shape index (κ1) is 13.4. The maximum atomic E-state index is 12.0. The van der Waals surface area contributed by atoms with Crippen LogP contribution in [0.1, 0.15) is 34.1 Å². The highest BCUT2D eigenvalue weighted by molar-refractivity contribution is 8.00. The third-order valence-corrected chi connectivity index (χ3v) is 3.70. The normalized spacial score (nSPS) is 25.9. The number of thioether (sulfide) groups is 1. The highest BCUT2D eigenvalue weighted by Gasteiger charge is 2.40. The van der Waals surface area contributed by atoms with Gasteiger partial charge in [0, 0.05) is 12.2 Å². The summed E-state index contributed by atoms with van der Waals surface area (Å²) < 4.78 is 0. The molecule has 1 aliphatic heterocycles. The summed E-state index contributed by atoms with van der Waals surface area (Å²) >= 11 is 1.52. The second-order valence-electron chi connectivity index (χ2n) is 5.33. The zero-order valence-corrected chi connectivity index (χ0v) is 11.0. The molecule has 1 aliphatic rings. The standard InChI is InChI=1S/C11H19NO3S/c1-7-12(8(6-16-7)10(14)15)9(13)5-11(2,3)4/h7-8H,5-6H2,1-4H3,(H,14,15). The number of hydrogen-bond donors (Lipinski definition) is 1. The molecule has 1 rings (SSSR count). The number of carbonyl (C=O) groups is 2. The van der Waals surface area contributed by atoms with E-state index in [2.05, 4.69) is 0 Å². The van der Waals surface area contributed by atoms with Crippen molar-refractivity contribution < 1.29 is 14.7 Å². The maximum absolute atomic E-state index is 12.0. The Bertz CT molecular complexity index is 298. The predicted octanol–water partition coefficient (Wildman–Crippen LogP) is 1.80. The van der Waals surface area contributed by atoms with Crippen molar-refractivity contribution in [1.29, 1.82) is 0 Å². The van der Waals surface area contributed by atoms with E-state index in [9.17, 15) is 9.59 Å². The van der Waals surface area contributed by atoms with Gasteiger partial charge in [0.2, 0.25) is 5.91 Å². The molecule has 5 heteroatoms. The van der Waals surface area contributed by atoms with Gasteiger partial charge in [-0.3, -0.25) is 4.79 Å². The molecule has 0 radical (unpaired) electrons. The van der Waals surface area contributed by atoms with Crippen LogP contribution in [0.2, 0.25) is 0 Å². The Balaban J connectivity index is 2.76. The fourth-order valence-electron chi connectivity index (χ4n) is 1.76. The molecule has 1 amide bonds. The first-order valence-corrected chi connectivity index (χ1v) is 6.43. The van der Waals surface area contributed by atoms with E-state index < -0.39 is 12.0 Å². The molecule has 0 spiro atoms. The number of nitrogens with zero attached hydrogens (tertiary/aromatic N) is 1. The van der Waals surface area contributed by atoms with Crippen LogP contribution in [0.15, 0.2) is 0 Å². The molecule has 16 heavy (non-hydrogen) atoms. The molecule has 2 atom stereocenters. The Morgan fingerprint density at radius 3 is 2.44 bits per heavy atom. The summed E-state index contributed by atoms with van der Waals surface area (Å²) in [7, 11) is 0. The Hall–Kier alpha value is -0.710. The maximum Gasteiger partial charge on any atom is 0.327 e. The van der Waals surface area contributed by atoms with Crippen molar-refractivity contribution in [2.45, 2.75) is 45.5 Å². The Labute approximate surface area is 100 Å². The molecule has 92 valence electrons. The van der Waals surface area contributed by atoms with E-state index in [-0.39, 0.29) is 16.7 Å². The average molecular weight is 245 g/mol. The zero-order valence-electron chi connectivity index (χ0n) is 10.2. The van der Waals surface area contributed by atoms with E-state index >= 15 is 0 Å². The molecule has 1 N–H and O–H groups in total. The van der Waals surface area contributed by atoms with E-state index in [1.165, 1.54) is 16.7 Å². The molecule has 1 fully saturated rings. The number of amides is 1. The summed E-state index contributed by atoms with van der Waals surface area (Å²) in [6, 6.07) is -0.658. The van der Waals surface area contributed by atoms with Crippen LogP contribution in [-0.2, 0) is 9.59 Å². The van der Waals surface area contributed by atoms with Gasteiger partial charge in [-0.25, -0.2) is 4.79 Å². The van der Waals surface area contributed by atoms with Crippen molar-refractivity contribution >= 4 is 23.6 Å². The fourth-order valence-corrected chi connectivity index (χ4v) is 2.95. The van der Waals surface area contributed by atoms with Gasteiger partial charge in [0.15, 0.2) is 0 Å². The molecule has 4 nitrogen and oxygen atoms in total. The van der Waals surface area contributed by atoms with Crippen molar-refractivity contribution in [3.8, 4) is 0 Å². The molecule has 0 aliphatic carbocycles. The van der Waals surface area contributed by atoms with Gasteiger partial charge < -0.3 is 10.0 Å². The summed E-state index contributed by atoms with van der Waals surface area (Å²) in [4.78, 5) is 24.6. The van der Waals surface area contributed by atoms with Gasteiger partial charge in [0.25, 0.3) is 0 Å². The van der Waals surface area contributed by atoms with E-state index in [4.69, 9.17) is 5.11 Å². The Morgan fingerprint density at radius 2 is 2.00 bits per heavy atom. The van der Waals surface area contributed by atoms with Crippen LogP contribution in [-0.4, -0.2) is 39.1 Å². The number of carbonyl (C=O) groups excluding carboxylic acids is 1. The fraction of sp³-hybridized carbons (Fsp3) is 0.818. The molecule has 0 saturated carbocycles. The van der Waals surface area contributed by atoms with Crippen LogP contribution in [0.5, 0.6) is 0 Å². The van der Waals surface area contributed by atoms with Crippen LogP contribution in [0, 0.1) is 5.41 Å². The second-order valence-corrected chi connectivity index (χ2v) is 6.67. The molecule has 0 aromatic carbocycles. The van der Waals surface area contributed by atoms with Crippen molar-refractivity contribution in [3.05, 3.63) is 0 Å². The minimum Gasteiger partial charge on any atom is -0.480 e. The number of hydrogen-bond acceptors (Lipinski definition) is 3. The first-order chi connectivity index (χ1) is 7.22. The second kappa shape index (κ2) is 4.65. The van der Waals surface area contributed by atoms with Crippen LogP contribution in [0.4, 0.5) is 0 Å². The predicted molar refractivity (Wildman–Crippen MR) is 64.3 cm³/mol.